The first-order chi connectivity index (χ1) is 12.0. The van der Waals surface area contributed by atoms with Gasteiger partial charge in [-0.3, -0.25) is 4.79 Å². The Morgan fingerprint density at radius 3 is 3.00 bits per heavy atom. The molecule has 1 atom stereocenters. The van der Waals surface area contributed by atoms with Gasteiger partial charge in [-0.1, -0.05) is 12.2 Å². The smallest absolute Gasteiger partial charge is 0.268 e. The van der Waals surface area contributed by atoms with E-state index >= 15 is 0 Å². The minimum absolute atomic E-state index is 0.0493. The summed E-state index contributed by atoms with van der Waals surface area (Å²) in [4.78, 5) is 18.9. The van der Waals surface area contributed by atoms with Crippen molar-refractivity contribution < 1.29 is 14.3 Å². The molecule has 0 radical (unpaired) electrons. The molecule has 1 amide bonds. The number of aromatic nitrogens is 1. The zero-order valence-corrected chi connectivity index (χ0v) is 15.6. The fraction of sp³-hybridized carbons (Fsp3) is 0.368. The van der Waals surface area contributed by atoms with E-state index in [1.807, 2.05) is 30.5 Å². The van der Waals surface area contributed by atoms with Crippen LogP contribution in [0, 0.1) is 0 Å². The number of anilines is 1. The van der Waals surface area contributed by atoms with Crippen molar-refractivity contribution >= 4 is 22.9 Å². The van der Waals surface area contributed by atoms with Crippen LogP contribution in [-0.4, -0.2) is 37.3 Å². The van der Waals surface area contributed by atoms with Crippen LogP contribution in [0.4, 0.5) is 5.69 Å². The molecule has 0 saturated heterocycles. The molecular formula is C19H22N2O3S. The van der Waals surface area contributed by atoms with Crippen LogP contribution in [-0.2, 0) is 16.0 Å². The predicted octanol–water partition coefficient (Wildman–Crippen LogP) is 3.69. The molecule has 1 aromatic heterocycles. The highest BCUT2D eigenvalue weighted by Crippen LogP contribution is 2.38. The van der Waals surface area contributed by atoms with Gasteiger partial charge in [0.05, 0.1) is 23.0 Å². The molecule has 0 saturated carbocycles. The first kappa shape index (κ1) is 17.6. The van der Waals surface area contributed by atoms with E-state index in [4.69, 9.17) is 9.47 Å². The summed E-state index contributed by atoms with van der Waals surface area (Å²) in [6.07, 6.45) is 0.310. The summed E-state index contributed by atoms with van der Waals surface area (Å²) in [5.74, 6) is 0.665. The molecule has 2 heterocycles. The molecule has 1 aromatic carbocycles. The normalized spacial score (nSPS) is 16.5. The van der Waals surface area contributed by atoms with E-state index in [9.17, 15) is 4.79 Å². The highest BCUT2D eigenvalue weighted by molar-refractivity contribution is 7.09. The summed E-state index contributed by atoms with van der Waals surface area (Å²) in [6.45, 7) is 8.77. The second-order valence-electron chi connectivity index (χ2n) is 6.19. The molecule has 25 heavy (non-hydrogen) atoms. The predicted molar refractivity (Wildman–Crippen MR) is 100 cm³/mol. The van der Waals surface area contributed by atoms with Crippen LogP contribution in [0.15, 0.2) is 35.7 Å². The Morgan fingerprint density at radius 1 is 1.48 bits per heavy atom. The number of hydrogen-bond donors (Lipinski definition) is 0. The van der Waals surface area contributed by atoms with E-state index in [2.05, 4.69) is 11.6 Å². The van der Waals surface area contributed by atoms with Gasteiger partial charge in [-0.05, 0) is 32.0 Å². The first-order valence-electron chi connectivity index (χ1n) is 8.19. The highest BCUT2D eigenvalue weighted by Gasteiger charge is 2.31. The topological polar surface area (TPSA) is 51.7 Å². The lowest BCUT2D eigenvalue weighted by molar-refractivity contribution is -0.125. The molecular weight excluding hydrogens is 336 g/mol. The van der Waals surface area contributed by atoms with Crippen LogP contribution in [0.25, 0.3) is 11.3 Å². The molecule has 0 N–H and O–H groups in total. The summed E-state index contributed by atoms with van der Waals surface area (Å²) in [5, 5.41) is 3.07. The molecule has 0 spiro atoms. The molecule has 5 nitrogen and oxygen atoms in total. The average Bonchev–Trinajstić information content (AvgIpc) is 3.05. The van der Waals surface area contributed by atoms with Gasteiger partial charge >= 0.3 is 0 Å². The summed E-state index contributed by atoms with van der Waals surface area (Å²) >= 11 is 1.62. The number of rotatable bonds is 6. The van der Waals surface area contributed by atoms with Crippen molar-refractivity contribution in [1.29, 1.82) is 0 Å². The van der Waals surface area contributed by atoms with Gasteiger partial charge in [-0.2, -0.15) is 0 Å². The van der Waals surface area contributed by atoms with Gasteiger partial charge in [0.25, 0.3) is 5.91 Å². The van der Waals surface area contributed by atoms with Crippen molar-refractivity contribution in [1.82, 2.24) is 4.98 Å². The van der Waals surface area contributed by atoms with Crippen molar-refractivity contribution in [2.75, 3.05) is 25.2 Å². The fourth-order valence-corrected chi connectivity index (χ4v) is 3.54. The molecule has 132 valence electrons. The minimum atomic E-state index is -0.488. The Balaban J connectivity index is 1.94. The molecule has 0 aliphatic carbocycles. The second-order valence-corrected chi connectivity index (χ2v) is 7.14. The van der Waals surface area contributed by atoms with Crippen LogP contribution in [0.5, 0.6) is 5.75 Å². The van der Waals surface area contributed by atoms with E-state index in [0.717, 1.165) is 33.9 Å². The van der Waals surface area contributed by atoms with Gasteiger partial charge < -0.3 is 14.4 Å². The van der Waals surface area contributed by atoms with E-state index in [-0.39, 0.29) is 5.91 Å². The minimum Gasteiger partial charge on any atom is -0.479 e. The molecule has 0 fully saturated rings. The summed E-state index contributed by atoms with van der Waals surface area (Å²) in [5.41, 5.74) is 3.57. The largest absolute Gasteiger partial charge is 0.479 e. The number of methoxy groups -OCH3 is 1. The molecule has 1 aliphatic heterocycles. The van der Waals surface area contributed by atoms with Crippen molar-refractivity contribution in [2.24, 2.45) is 0 Å². The van der Waals surface area contributed by atoms with Gasteiger partial charge in [0.1, 0.15) is 5.75 Å². The number of ether oxygens (including phenoxy) is 2. The van der Waals surface area contributed by atoms with E-state index < -0.39 is 6.10 Å². The maximum absolute atomic E-state index is 12.5. The second kappa shape index (κ2) is 7.37. The number of nitrogens with zero attached hydrogens (tertiary/aromatic N) is 2. The lowest BCUT2D eigenvalue weighted by Gasteiger charge is -2.33. The number of hydrogen-bond acceptors (Lipinski definition) is 5. The first-order valence-corrected chi connectivity index (χ1v) is 9.07. The number of carbonyl (C=O) groups excluding carboxylic acids is 1. The van der Waals surface area contributed by atoms with E-state index in [1.54, 1.807) is 30.3 Å². The molecule has 3 rings (SSSR count). The molecule has 0 bridgehead atoms. The number of amides is 1. The van der Waals surface area contributed by atoms with Gasteiger partial charge in [0.2, 0.25) is 0 Å². The van der Waals surface area contributed by atoms with E-state index in [0.29, 0.717) is 18.9 Å². The molecule has 2 aromatic rings. The van der Waals surface area contributed by atoms with Crippen LogP contribution in [0.1, 0.15) is 18.9 Å². The van der Waals surface area contributed by atoms with Crippen molar-refractivity contribution in [3.8, 4) is 17.0 Å². The standard InChI is InChI=1S/C19H22N2O3S/c1-12(2)10-21-16-9-14(5-6-17(16)24-13(3)19(21)22)15-11-25-18(20-15)7-8-23-4/h5-6,9,11,13H,1,7-8,10H2,2-4H3. The Bertz CT molecular complexity index is 800. The summed E-state index contributed by atoms with van der Waals surface area (Å²) < 4.78 is 10.9. The zero-order valence-electron chi connectivity index (χ0n) is 14.7. The number of carbonyl (C=O) groups is 1. The SMILES string of the molecule is C=C(C)CN1C(=O)C(C)Oc2ccc(-c3csc(CCOC)n3)cc21. The number of benzene rings is 1. The Morgan fingerprint density at radius 2 is 2.28 bits per heavy atom. The van der Waals surface area contributed by atoms with Gasteiger partial charge in [0, 0.05) is 31.0 Å². The van der Waals surface area contributed by atoms with Gasteiger partial charge in [0.15, 0.2) is 6.10 Å². The van der Waals surface area contributed by atoms with Crippen LogP contribution in [0.2, 0.25) is 0 Å². The summed E-state index contributed by atoms with van der Waals surface area (Å²) in [6, 6.07) is 5.86. The Hall–Kier alpha value is -2.18. The zero-order chi connectivity index (χ0) is 18.0. The van der Waals surface area contributed by atoms with Crippen LogP contribution < -0.4 is 9.64 Å². The lowest BCUT2D eigenvalue weighted by atomic mass is 10.1. The molecule has 6 heteroatoms. The van der Waals surface area contributed by atoms with Gasteiger partial charge in [-0.15, -0.1) is 11.3 Å². The maximum Gasteiger partial charge on any atom is 0.268 e. The third kappa shape index (κ3) is 3.75. The number of thiazole rings is 1. The average molecular weight is 358 g/mol. The number of fused-ring (bicyclic) bond motifs is 1. The highest BCUT2D eigenvalue weighted by atomic mass is 32.1. The Kier molecular flexibility index (Phi) is 5.20. The van der Waals surface area contributed by atoms with Crippen LogP contribution in [0.3, 0.4) is 0 Å². The van der Waals surface area contributed by atoms with Crippen molar-refractivity contribution in [3.05, 3.63) is 40.7 Å². The summed E-state index contributed by atoms with van der Waals surface area (Å²) in [7, 11) is 1.69. The van der Waals surface area contributed by atoms with Crippen LogP contribution >= 0.6 is 11.3 Å². The third-order valence-electron chi connectivity index (χ3n) is 3.96. The lowest BCUT2D eigenvalue weighted by Crippen LogP contribution is -2.45. The monoisotopic (exact) mass is 358 g/mol. The van der Waals surface area contributed by atoms with Crippen molar-refractivity contribution in [3.63, 3.8) is 0 Å². The third-order valence-corrected chi connectivity index (χ3v) is 4.87. The van der Waals surface area contributed by atoms with Gasteiger partial charge in [-0.25, -0.2) is 4.98 Å². The van der Waals surface area contributed by atoms with E-state index in [1.165, 1.54) is 0 Å². The molecule has 1 unspecified atom stereocenters. The maximum atomic E-state index is 12.5. The van der Waals surface area contributed by atoms with Crippen molar-refractivity contribution in [2.45, 2.75) is 26.4 Å². The fourth-order valence-electron chi connectivity index (χ4n) is 2.75. The molecule has 1 aliphatic rings. The Labute approximate surface area is 151 Å². The quantitative estimate of drug-likeness (QED) is 0.739.